The van der Waals surface area contributed by atoms with E-state index in [1.165, 1.54) is 11.1 Å². The van der Waals surface area contributed by atoms with Crippen LogP contribution in [0.3, 0.4) is 0 Å². The topological polar surface area (TPSA) is 32.8 Å². The van der Waals surface area contributed by atoms with Gasteiger partial charge in [0, 0.05) is 31.7 Å². The number of amides is 1. The summed E-state index contributed by atoms with van der Waals surface area (Å²) in [7, 11) is 3.78. The zero-order valence-corrected chi connectivity index (χ0v) is 15.1. The molecule has 3 rings (SSSR count). The van der Waals surface area contributed by atoms with E-state index in [1.54, 1.807) is 7.11 Å². The van der Waals surface area contributed by atoms with Crippen molar-refractivity contribution in [3.8, 4) is 5.75 Å². The molecule has 1 aliphatic heterocycles. The molecular formula is C21H26N2O2. The smallest absolute Gasteiger partial charge is 0.253 e. The third-order valence-electron chi connectivity index (χ3n) is 4.66. The fourth-order valence-corrected chi connectivity index (χ4v) is 3.27. The van der Waals surface area contributed by atoms with Crippen molar-refractivity contribution in [1.82, 2.24) is 9.80 Å². The average molecular weight is 338 g/mol. The van der Waals surface area contributed by atoms with Crippen molar-refractivity contribution in [3.05, 3.63) is 65.2 Å². The maximum atomic E-state index is 12.4. The van der Waals surface area contributed by atoms with E-state index < -0.39 is 0 Å². The summed E-state index contributed by atoms with van der Waals surface area (Å²) in [5.74, 6) is 1.04. The van der Waals surface area contributed by atoms with Gasteiger partial charge in [0.2, 0.25) is 0 Å². The molecule has 1 fully saturated rings. The van der Waals surface area contributed by atoms with E-state index in [2.05, 4.69) is 36.2 Å². The van der Waals surface area contributed by atoms with Crippen LogP contribution in [0, 0.1) is 0 Å². The molecule has 4 nitrogen and oxygen atoms in total. The summed E-state index contributed by atoms with van der Waals surface area (Å²) in [5.41, 5.74) is 3.27. The highest BCUT2D eigenvalue weighted by molar-refractivity contribution is 5.94. The second kappa shape index (κ2) is 8.17. The standard InChI is InChI=1S/C21H26N2O2/c1-22(16-18-7-11-20(25-2)12-8-18)15-17-5-9-19(10-6-17)21(24)23-13-3-4-14-23/h5-12H,3-4,13-16H2,1-2H3. The van der Waals surface area contributed by atoms with Crippen LogP contribution in [0.1, 0.15) is 34.3 Å². The number of hydrogen-bond acceptors (Lipinski definition) is 3. The first-order chi connectivity index (χ1) is 12.2. The van der Waals surface area contributed by atoms with Crippen LogP contribution in [0.15, 0.2) is 48.5 Å². The lowest BCUT2D eigenvalue weighted by molar-refractivity contribution is 0.0793. The Kier molecular flexibility index (Phi) is 5.71. The lowest BCUT2D eigenvalue weighted by Crippen LogP contribution is -2.27. The summed E-state index contributed by atoms with van der Waals surface area (Å²) in [6, 6.07) is 16.2. The van der Waals surface area contributed by atoms with Gasteiger partial charge < -0.3 is 9.64 Å². The minimum atomic E-state index is 0.163. The molecule has 0 atom stereocenters. The van der Waals surface area contributed by atoms with Crippen LogP contribution in [-0.4, -0.2) is 43.0 Å². The molecule has 1 heterocycles. The molecule has 4 heteroatoms. The predicted molar refractivity (Wildman–Crippen MR) is 99.7 cm³/mol. The second-order valence-corrected chi connectivity index (χ2v) is 6.72. The number of methoxy groups -OCH3 is 1. The van der Waals surface area contributed by atoms with Crippen LogP contribution in [0.4, 0.5) is 0 Å². The zero-order chi connectivity index (χ0) is 17.6. The van der Waals surface area contributed by atoms with Crippen molar-refractivity contribution >= 4 is 5.91 Å². The number of rotatable bonds is 6. The number of likely N-dealkylation sites (tertiary alicyclic amines) is 1. The largest absolute Gasteiger partial charge is 0.497 e. The second-order valence-electron chi connectivity index (χ2n) is 6.72. The van der Waals surface area contributed by atoms with Crippen LogP contribution in [-0.2, 0) is 13.1 Å². The monoisotopic (exact) mass is 338 g/mol. The van der Waals surface area contributed by atoms with Crippen LogP contribution in [0.2, 0.25) is 0 Å². The summed E-state index contributed by atoms with van der Waals surface area (Å²) in [6.07, 6.45) is 2.25. The molecule has 1 saturated heterocycles. The Labute approximate surface area is 150 Å². The van der Waals surface area contributed by atoms with Gasteiger partial charge in [0.25, 0.3) is 5.91 Å². The zero-order valence-electron chi connectivity index (χ0n) is 15.1. The number of nitrogens with zero attached hydrogens (tertiary/aromatic N) is 2. The molecule has 132 valence electrons. The van der Waals surface area contributed by atoms with Gasteiger partial charge in [-0.3, -0.25) is 9.69 Å². The van der Waals surface area contributed by atoms with Gasteiger partial charge in [0.05, 0.1) is 7.11 Å². The first-order valence-electron chi connectivity index (χ1n) is 8.85. The molecule has 2 aromatic carbocycles. The van der Waals surface area contributed by atoms with Crippen LogP contribution < -0.4 is 4.74 Å². The lowest BCUT2D eigenvalue weighted by atomic mass is 10.1. The number of carbonyl (C=O) groups excluding carboxylic acids is 1. The molecule has 0 radical (unpaired) electrons. The molecule has 25 heavy (non-hydrogen) atoms. The number of hydrogen-bond donors (Lipinski definition) is 0. The molecule has 0 unspecified atom stereocenters. The first kappa shape index (κ1) is 17.5. The minimum absolute atomic E-state index is 0.163. The maximum Gasteiger partial charge on any atom is 0.253 e. The van der Waals surface area contributed by atoms with Gasteiger partial charge in [-0.25, -0.2) is 0 Å². The third-order valence-corrected chi connectivity index (χ3v) is 4.66. The van der Waals surface area contributed by atoms with Gasteiger partial charge in [-0.2, -0.15) is 0 Å². The van der Waals surface area contributed by atoms with Crippen molar-refractivity contribution in [1.29, 1.82) is 0 Å². The van der Waals surface area contributed by atoms with Crippen molar-refractivity contribution < 1.29 is 9.53 Å². The van der Waals surface area contributed by atoms with Gasteiger partial charge in [-0.15, -0.1) is 0 Å². The average Bonchev–Trinajstić information content (AvgIpc) is 3.17. The highest BCUT2D eigenvalue weighted by Gasteiger charge is 2.19. The Bertz CT molecular complexity index is 689. The van der Waals surface area contributed by atoms with Crippen LogP contribution in [0.25, 0.3) is 0 Å². The molecule has 0 aromatic heterocycles. The van der Waals surface area contributed by atoms with Crippen molar-refractivity contribution in [3.63, 3.8) is 0 Å². The first-order valence-corrected chi connectivity index (χ1v) is 8.85. The fourth-order valence-electron chi connectivity index (χ4n) is 3.27. The van der Waals surface area contributed by atoms with Crippen LogP contribution >= 0.6 is 0 Å². The van der Waals surface area contributed by atoms with Crippen LogP contribution in [0.5, 0.6) is 5.75 Å². The molecule has 1 amide bonds. The minimum Gasteiger partial charge on any atom is -0.497 e. The molecule has 1 aliphatic rings. The van der Waals surface area contributed by atoms with Crippen molar-refractivity contribution in [2.45, 2.75) is 25.9 Å². The summed E-state index contributed by atoms with van der Waals surface area (Å²) in [6.45, 7) is 3.51. The predicted octanol–water partition coefficient (Wildman–Crippen LogP) is 3.56. The normalized spacial score (nSPS) is 14.1. The highest BCUT2D eigenvalue weighted by Crippen LogP contribution is 2.16. The Balaban J connectivity index is 1.55. The highest BCUT2D eigenvalue weighted by atomic mass is 16.5. The maximum absolute atomic E-state index is 12.4. The Morgan fingerprint density at radius 2 is 1.48 bits per heavy atom. The van der Waals surface area contributed by atoms with E-state index in [1.807, 2.05) is 29.2 Å². The Morgan fingerprint density at radius 3 is 2.00 bits per heavy atom. The number of ether oxygens (including phenoxy) is 1. The summed E-state index contributed by atoms with van der Waals surface area (Å²) in [5, 5.41) is 0. The molecular weight excluding hydrogens is 312 g/mol. The SMILES string of the molecule is COc1ccc(CN(C)Cc2ccc(C(=O)N3CCCC3)cc2)cc1. The Hall–Kier alpha value is -2.33. The van der Waals surface area contributed by atoms with Gasteiger partial charge in [0.15, 0.2) is 0 Å². The lowest BCUT2D eigenvalue weighted by Gasteiger charge is -2.18. The van der Waals surface area contributed by atoms with Crippen molar-refractivity contribution in [2.75, 3.05) is 27.2 Å². The van der Waals surface area contributed by atoms with E-state index in [-0.39, 0.29) is 5.91 Å². The summed E-state index contributed by atoms with van der Waals surface area (Å²) >= 11 is 0. The van der Waals surface area contributed by atoms with Crippen molar-refractivity contribution in [2.24, 2.45) is 0 Å². The molecule has 0 N–H and O–H groups in total. The van der Waals surface area contributed by atoms with E-state index in [9.17, 15) is 4.79 Å². The number of benzene rings is 2. The van der Waals surface area contributed by atoms with E-state index in [0.29, 0.717) is 0 Å². The van der Waals surface area contributed by atoms with E-state index in [0.717, 1.165) is 50.3 Å². The van der Waals surface area contributed by atoms with Gasteiger partial charge in [-0.1, -0.05) is 24.3 Å². The molecule has 2 aromatic rings. The molecule has 0 saturated carbocycles. The Morgan fingerprint density at radius 1 is 0.960 bits per heavy atom. The quantitative estimate of drug-likeness (QED) is 0.807. The van der Waals surface area contributed by atoms with Gasteiger partial charge in [0.1, 0.15) is 5.75 Å². The van der Waals surface area contributed by atoms with Gasteiger partial charge >= 0.3 is 0 Å². The van der Waals surface area contributed by atoms with E-state index in [4.69, 9.17) is 4.74 Å². The molecule has 0 bridgehead atoms. The molecule has 0 aliphatic carbocycles. The van der Waals surface area contributed by atoms with Gasteiger partial charge in [-0.05, 0) is 55.3 Å². The van der Waals surface area contributed by atoms with E-state index >= 15 is 0 Å². The summed E-state index contributed by atoms with van der Waals surface area (Å²) in [4.78, 5) is 16.6. The summed E-state index contributed by atoms with van der Waals surface area (Å²) < 4.78 is 5.19. The fraction of sp³-hybridized carbons (Fsp3) is 0.381. The molecule has 0 spiro atoms. The number of carbonyl (C=O) groups is 1. The third kappa shape index (κ3) is 4.60.